The maximum Gasteiger partial charge on any atom is 0.261 e. The van der Waals surface area contributed by atoms with E-state index >= 15 is 0 Å². The van der Waals surface area contributed by atoms with E-state index in [2.05, 4.69) is 0 Å². The van der Waals surface area contributed by atoms with Crippen LogP contribution in [0.25, 0.3) is 0 Å². The van der Waals surface area contributed by atoms with E-state index in [1.165, 1.54) is 0 Å². The Hall–Kier alpha value is -2.57. The molecule has 2 rings (SSSR count). The van der Waals surface area contributed by atoms with E-state index in [0.717, 1.165) is 30.3 Å². The van der Waals surface area contributed by atoms with Crippen LogP contribution in [0, 0.1) is 23.3 Å². The number of hydrogen-bond acceptors (Lipinski definition) is 2. The zero-order valence-corrected chi connectivity index (χ0v) is 9.88. The number of nitrogens with two attached hydrogens (primary N) is 1. The molecule has 0 heterocycles. The molecule has 7 heteroatoms. The van der Waals surface area contributed by atoms with Crippen LogP contribution in [0.3, 0.4) is 0 Å². The summed E-state index contributed by atoms with van der Waals surface area (Å²) in [5.74, 6) is -6.17. The maximum absolute atomic E-state index is 13.5. The lowest BCUT2D eigenvalue weighted by Gasteiger charge is -2.10. The fourth-order valence-corrected chi connectivity index (χ4v) is 1.58. The van der Waals surface area contributed by atoms with Crippen molar-refractivity contribution in [1.29, 1.82) is 0 Å². The summed E-state index contributed by atoms with van der Waals surface area (Å²) < 4.78 is 53.3. The van der Waals surface area contributed by atoms with Crippen molar-refractivity contribution in [3.05, 3.63) is 59.2 Å². The van der Waals surface area contributed by atoms with Crippen molar-refractivity contribution >= 4 is 17.3 Å². The molecule has 0 aliphatic rings. The van der Waals surface area contributed by atoms with Crippen molar-refractivity contribution in [3.63, 3.8) is 0 Å². The van der Waals surface area contributed by atoms with Crippen LogP contribution in [0.2, 0.25) is 0 Å². The molecule has 20 heavy (non-hydrogen) atoms. The van der Waals surface area contributed by atoms with E-state index in [9.17, 15) is 22.4 Å². The molecule has 0 radical (unpaired) electrons. The summed E-state index contributed by atoms with van der Waals surface area (Å²) in [6.45, 7) is 0. The molecular formula is C13H8F4N2O. The third-order valence-corrected chi connectivity index (χ3v) is 2.56. The van der Waals surface area contributed by atoms with E-state index in [1.54, 1.807) is 0 Å². The van der Waals surface area contributed by atoms with Gasteiger partial charge in [0, 0.05) is 0 Å². The predicted molar refractivity (Wildman–Crippen MR) is 65.1 cm³/mol. The molecule has 0 saturated heterocycles. The van der Waals surface area contributed by atoms with Gasteiger partial charge in [0.25, 0.3) is 5.91 Å². The van der Waals surface area contributed by atoms with Gasteiger partial charge in [-0.15, -0.1) is 0 Å². The number of carbonyl (C=O) groups is 1. The van der Waals surface area contributed by atoms with Crippen LogP contribution in [0.4, 0.5) is 28.9 Å². The van der Waals surface area contributed by atoms with Gasteiger partial charge in [0.15, 0.2) is 11.6 Å². The average molecular weight is 284 g/mol. The van der Waals surface area contributed by atoms with Crippen molar-refractivity contribution in [2.75, 3.05) is 11.1 Å². The summed E-state index contributed by atoms with van der Waals surface area (Å²) in [6.07, 6.45) is 0. The fourth-order valence-electron chi connectivity index (χ4n) is 1.58. The van der Waals surface area contributed by atoms with E-state index in [-0.39, 0.29) is 5.69 Å². The van der Waals surface area contributed by atoms with Crippen molar-refractivity contribution in [1.82, 2.24) is 0 Å². The van der Waals surface area contributed by atoms with Gasteiger partial charge in [-0.2, -0.15) is 0 Å². The highest BCUT2D eigenvalue weighted by Crippen LogP contribution is 2.25. The molecule has 1 amide bonds. The van der Waals surface area contributed by atoms with E-state index in [0.29, 0.717) is 0 Å². The third-order valence-electron chi connectivity index (χ3n) is 2.56. The Kier molecular flexibility index (Phi) is 3.60. The molecule has 0 atom stereocenters. The second-order valence-electron chi connectivity index (χ2n) is 3.88. The van der Waals surface area contributed by atoms with Crippen molar-refractivity contribution < 1.29 is 22.4 Å². The first kappa shape index (κ1) is 13.9. The molecule has 0 fully saturated rings. The monoisotopic (exact) mass is 284 g/mol. The Morgan fingerprint density at radius 1 is 0.950 bits per heavy atom. The van der Waals surface area contributed by atoms with Crippen LogP contribution in [-0.2, 0) is 0 Å². The van der Waals surface area contributed by atoms with Crippen LogP contribution in [0.15, 0.2) is 30.3 Å². The van der Waals surface area contributed by atoms with Crippen LogP contribution < -0.4 is 11.1 Å². The molecule has 2 aromatic carbocycles. The summed E-state index contributed by atoms with van der Waals surface area (Å²) in [5, 5.41) is 1.86. The van der Waals surface area contributed by atoms with E-state index in [4.69, 9.17) is 5.73 Å². The van der Waals surface area contributed by atoms with Crippen molar-refractivity contribution in [3.8, 4) is 0 Å². The van der Waals surface area contributed by atoms with E-state index in [1.807, 2.05) is 5.32 Å². The van der Waals surface area contributed by atoms with Gasteiger partial charge in [-0.3, -0.25) is 4.79 Å². The number of hydrogen-bond donors (Lipinski definition) is 2. The standard InChI is InChI=1S/C13H8F4N2O/c14-6-2-1-3-7(15)10(6)13(20)19-12-9(18)5-4-8(16)11(12)17/h1-5H,18H2,(H,19,20). The highest BCUT2D eigenvalue weighted by molar-refractivity contribution is 6.06. The largest absolute Gasteiger partial charge is 0.397 e. The minimum atomic E-state index is -1.41. The number of amides is 1. The Morgan fingerprint density at radius 3 is 2.15 bits per heavy atom. The molecule has 0 bridgehead atoms. The summed E-state index contributed by atoms with van der Waals surface area (Å²) in [7, 11) is 0. The quantitative estimate of drug-likeness (QED) is 0.657. The lowest BCUT2D eigenvalue weighted by Crippen LogP contribution is -2.18. The number of nitrogen functional groups attached to an aromatic ring is 1. The molecule has 0 unspecified atom stereocenters. The van der Waals surface area contributed by atoms with Gasteiger partial charge in [0.1, 0.15) is 22.9 Å². The minimum Gasteiger partial charge on any atom is -0.397 e. The van der Waals surface area contributed by atoms with Gasteiger partial charge in [0.05, 0.1) is 5.69 Å². The minimum absolute atomic E-state index is 0.269. The average Bonchev–Trinajstić information content (AvgIpc) is 2.39. The number of carbonyl (C=O) groups excluding carboxylic acids is 1. The molecule has 0 saturated carbocycles. The van der Waals surface area contributed by atoms with Crippen LogP contribution >= 0.6 is 0 Å². The Labute approximate surface area is 111 Å². The van der Waals surface area contributed by atoms with Crippen LogP contribution in [-0.4, -0.2) is 5.91 Å². The number of nitrogens with one attached hydrogen (secondary N) is 1. The van der Waals surface area contributed by atoms with Crippen LogP contribution in [0.1, 0.15) is 10.4 Å². The van der Waals surface area contributed by atoms with Crippen molar-refractivity contribution in [2.24, 2.45) is 0 Å². The van der Waals surface area contributed by atoms with E-state index < -0.39 is 40.4 Å². The summed E-state index contributed by atoms with van der Waals surface area (Å²) >= 11 is 0. The summed E-state index contributed by atoms with van der Waals surface area (Å²) in [5.41, 5.74) is 3.54. The first-order valence-electron chi connectivity index (χ1n) is 5.40. The van der Waals surface area contributed by atoms with Gasteiger partial charge in [-0.25, -0.2) is 17.6 Å². The topological polar surface area (TPSA) is 55.1 Å². The van der Waals surface area contributed by atoms with Gasteiger partial charge in [-0.1, -0.05) is 6.07 Å². The Morgan fingerprint density at radius 2 is 1.55 bits per heavy atom. The number of halogens is 4. The Bertz CT molecular complexity index is 668. The second-order valence-corrected chi connectivity index (χ2v) is 3.88. The fraction of sp³-hybridized carbons (Fsp3) is 0. The molecule has 3 N–H and O–H groups in total. The summed E-state index contributed by atoms with van der Waals surface area (Å²) in [4.78, 5) is 11.7. The molecule has 104 valence electrons. The number of benzene rings is 2. The smallest absolute Gasteiger partial charge is 0.261 e. The second kappa shape index (κ2) is 5.20. The first-order chi connectivity index (χ1) is 9.41. The van der Waals surface area contributed by atoms with Crippen LogP contribution in [0.5, 0.6) is 0 Å². The predicted octanol–water partition coefficient (Wildman–Crippen LogP) is 3.08. The highest BCUT2D eigenvalue weighted by Gasteiger charge is 2.20. The third kappa shape index (κ3) is 2.42. The molecule has 0 aliphatic heterocycles. The first-order valence-corrected chi connectivity index (χ1v) is 5.40. The van der Waals surface area contributed by atoms with Gasteiger partial charge in [0.2, 0.25) is 0 Å². The zero-order valence-electron chi connectivity index (χ0n) is 9.88. The van der Waals surface area contributed by atoms with Gasteiger partial charge >= 0.3 is 0 Å². The normalized spacial score (nSPS) is 10.4. The SMILES string of the molecule is Nc1ccc(F)c(F)c1NC(=O)c1c(F)cccc1F. The molecule has 0 spiro atoms. The molecule has 0 aliphatic carbocycles. The van der Waals surface area contributed by atoms with Gasteiger partial charge < -0.3 is 11.1 Å². The highest BCUT2D eigenvalue weighted by atomic mass is 19.2. The molecule has 2 aromatic rings. The maximum atomic E-state index is 13.5. The Balaban J connectivity index is 2.41. The lowest BCUT2D eigenvalue weighted by molar-refractivity contribution is 0.101. The summed E-state index contributed by atoms with van der Waals surface area (Å²) in [6, 6.07) is 4.58. The molecule has 0 aromatic heterocycles. The number of rotatable bonds is 2. The molecular weight excluding hydrogens is 276 g/mol. The van der Waals surface area contributed by atoms with Gasteiger partial charge in [-0.05, 0) is 24.3 Å². The zero-order chi connectivity index (χ0) is 14.9. The number of anilines is 2. The van der Waals surface area contributed by atoms with Crippen molar-refractivity contribution in [2.45, 2.75) is 0 Å². The molecule has 3 nitrogen and oxygen atoms in total. The lowest BCUT2D eigenvalue weighted by atomic mass is 10.1.